The summed E-state index contributed by atoms with van der Waals surface area (Å²) in [5.74, 6) is -0.288. The van der Waals surface area contributed by atoms with Crippen LogP contribution in [-0.2, 0) is 4.79 Å². The van der Waals surface area contributed by atoms with Gasteiger partial charge in [0.25, 0.3) is 5.91 Å². The fraction of sp³-hybridized carbons (Fsp3) is 0.522. The summed E-state index contributed by atoms with van der Waals surface area (Å²) in [6.45, 7) is 1.86. The summed E-state index contributed by atoms with van der Waals surface area (Å²) >= 11 is 0. The zero-order valence-electron chi connectivity index (χ0n) is 19.1. The van der Waals surface area contributed by atoms with Gasteiger partial charge < -0.3 is 20.4 Å². The van der Waals surface area contributed by atoms with Gasteiger partial charge in [-0.3, -0.25) is 9.59 Å². The average Bonchev–Trinajstić information content (AvgIpc) is 3.45. The van der Waals surface area contributed by atoms with Gasteiger partial charge in [0.05, 0.1) is 5.92 Å². The number of carbonyl (C=O) groups is 2. The van der Waals surface area contributed by atoms with Crippen LogP contribution in [0.4, 0.5) is 26.2 Å². The van der Waals surface area contributed by atoms with Gasteiger partial charge in [-0.15, -0.1) is 0 Å². The molecule has 2 aromatic rings. The molecule has 5 rings (SSSR count). The number of rotatable bonds is 6. The molecule has 4 heterocycles. The fourth-order valence-electron chi connectivity index (χ4n) is 5.07. The minimum atomic E-state index is -1.97. The summed E-state index contributed by atoms with van der Waals surface area (Å²) in [6, 6.07) is 5.16. The molecule has 0 aromatic carbocycles. The molecule has 2 bridgehead atoms. The number of aryl methyl sites for hydroxylation is 1. The van der Waals surface area contributed by atoms with Gasteiger partial charge >= 0.3 is 0 Å². The molecule has 180 valence electrons. The molecule has 2 N–H and O–H groups in total. The molecule has 2 aromatic heterocycles. The quantitative estimate of drug-likeness (QED) is 0.666. The summed E-state index contributed by atoms with van der Waals surface area (Å²) in [7, 11) is 1.55. The third kappa shape index (κ3) is 4.03. The number of pyridine rings is 1. The van der Waals surface area contributed by atoms with Crippen molar-refractivity contribution in [3.05, 3.63) is 35.8 Å². The van der Waals surface area contributed by atoms with Crippen molar-refractivity contribution in [3.63, 3.8) is 0 Å². The van der Waals surface area contributed by atoms with Gasteiger partial charge in [-0.25, -0.2) is 18.7 Å². The van der Waals surface area contributed by atoms with Crippen LogP contribution in [0.5, 0.6) is 0 Å². The van der Waals surface area contributed by atoms with E-state index in [1.54, 1.807) is 37.2 Å². The second kappa shape index (κ2) is 8.44. The molecular weight excluding hydrogens is 444 g/mol. The molecule has 3 aliphatic rings. The van der Waals surface area contributed by atoms with Crippen LogP contribution in [0.1, 0.15) is 35.4 Å². The molecule has 0 spiro atoms. The standard InChI is InChI=1S/C23H27F2N7O2/c1-13-7-14(8-18(28-13)20(33)26-2)29-22-27-6-5-19(30-22)31-10-15-3-4-16(11-31)32(15)21(34)17-9-23(17,25)12-24/h5-8,15-17H,3-4,9-12H2,1-2H3,(H,26,33)(H,27,28,29,30)/t15-,16+,17-,23?/m0/s1. The average molecular weight is 472 g/mol. The maximum Gasteiger partial charge on any atom is 0.269 e. The number of piperazine rings is 1. The van der Waals surface area contributed by atoms with E-state index in [0.29, 0.717) is 41.9 Å². The molecule has 34 heavy (non-hydrogen) atoms. The van der Waals surface area contributed by atoms with Crippen molar-refractivity contribution in [2.75, 3.05) is 37.0 Å². The van der Waals surface area contributed by atoms with E-state index in [0.717, 1.165) is 12.8 Å². The normalized spacial score (nSPS) is 27.5. The topological polar surface area (TPSA) is 103 Å². The first-order chi connectivity index (χ1) is 16.3. The molecule has 3 fully saturated rings. The summed E-state index contributed by atoms with van der Waals surface area (Å²) in [5, 5.41) is 5.70. The highest BCUT2D eigenvalue weighted by Gasteiger charge is 2.62. The Bertz CT molecular complexity index is 1120. The van der Waals surface area contributed by atoms with Crippen molar-refractivity contribution < 1.29 is 18.4 Å². The number of fused-ring (bicyclic) bond motifs is 2. The van der Waals surface area contributed by atoms with Crippen LogP contribution in [0.25, 0.3) is 0 Å². The zero-order chi connectivity index (χ0) is 24.0. The first kappa shape index (κ1) is 22.4. The van der Waals surface area contributed by atoms with Gasteiger partial charge in [0.2, 0.25) is 11.9 Å². The third-order valence-corrected chi connectivity index (χ3v) is 6.90. The van der Waals surface area contributed by atoms with Crippen LogP contribution in [0.3, 0.4) is 0 Å². The number of carbonyl (C=O) groups excluding carboxylic acids is 2. The van der Waals surface area contributed by atoms with Crippen molar-refractivity contribution in [1.29, 1.82) is 0 Å². The van der Waals surface area contributed by atoms with Gasteiger partial charge in [-0.2, -0.15) is 4.98 Å². The second-order valence-electron chi connectivity index (χ2n) is 9.29. The summed E-state index contributed by atoms with van der Waals surface area (Å²) < 4.78 is 27.1. The Morgan fingerprint density at radius 1 is 1.21 bits per heavy atom. The number of nitrogens with one attached hydrogen (secondary N) is 2. The smallest absolute Gasteiger partial charge is 0.269 e. The largest absolute Gasteiger partial charge is 0.354 e. The number of amides is 2. The number of anilines is 3. The molecule has 1 unspecified atom stereocenters. The molecule has 4 atom stereocenters. The molecule has 1 saturated carbocycles. The summed E-state index contributed by atoms with van der Waals surface area (Å²) in [5.41, 5.74) is -0.355. The maximum atomic E-state index is 14.2. The van der Waals surface area contributed by atoms with E-state index in [-0.39, 0.29) is 30.3 Å². The predicted molar refractivity (Wildman–Crippen MR) is 121 cm³/mol. The molecule has 2 amide bonds. The lowest BCUT2D eigenvalue weighted by atomic mass is 10.1. The number of nitrogens with zero attached hydrogens (tertiary/aromatic N) is 5. The highest BCUT2D eigenvalue weighted by atomic mass is 19.2. The van der Waals surface area contributed by atoms with E-state index in [1.165, 1.54) is 0 Å². The highest BCUT2D eigenvalue weighted by Crippen LogP contribution is 2.50. The highest BCUT2D eigenvalue weighted by molar-refractivity contribution is 5.93. The van der Waals surface area contributed by atoms with Gasteiger partial charge in [0, 0.05) is 49.8 Å². The van der Waals surface area contributed by atoms with Crippen molar-refractivity contribution in [2.24, 2.45) is 5.92 Å². The Labute approximate surface area is 196 Å². The van der Waals surface area contributed by atoms with E-state index in [9.17, 15) is 18.4 Å². The van der Waals surface area contributed by atoms with Crippen LogP contribution in [0.15, 0.2) is 24.4 Å². The molecule has 9 nitrogen and oxygen atoms in total. The Hall–Kier alpha value is -3.37. The van der Waals surface area contributed by atoms with Crippen molar-refractivity contribution in [1.82, 2.24) is 25.2 Å². The third-order valence-electron chi connectivity index (χ3n) is 6.90. The fourth-order valence-corrected chi connectivity index (χ4v) is 5.07. The molecule has 1 aliphatic carbocycles. The molecular formula is C23H27F2N7O2. The van der Waals surface area contributed by atoms with E-state index >= 15 is 0 Å². The first-order valence-corrected chi connectivity index (χ1v) is 11.4. The zero-order valence-corrected chi connectivity index (χ0v) is 19.1. The number of halogens is 2. The van der Waals surface area contributed by atoms with Crippen LogP contribution < -0.4 is 15.5 Å². The van der Waals surface area contributed by atoms with Crippen molar-refractivity contribution in [2.45, 2.75) is 43.9 Å². The second-order valence-corrected chi connectivity index (χ2v) is 9.29. The van der Waals surface area contributed by atoms with Gasteiger partial charge in [0.15, 0.2) is 5.67 Å². The van der Waals surface area contributed by atoms with Gasteiger partial charge in [0.1, 0.15) is 18.2 Å². The van der Waals surface area contributed by atoms with E-state index in [2.05, 4.69) is 30.5 Å². The number of hydrogen-bond donors (Lipinski definition) is 2. The lowest BCUT2D eigenvalue weighted by molar-refractivity contribution is -0.137. The minimum absolute atomic E-state index is 0.0148. The first-order valence-electron chi connectivity index (χ1n) is 11.4. The molecule has 0 radical (unpaired) electrons. The van der Waals surface area contributed by atoms with Crippen molar-refractivity contribution in [3.8, 4) is 0 Å². The van der Waals surface area contributed by atoms with Crippen molar-refractivity contribution >= 4 is 29.3 Å². The summed E-state index contributed by atoms with van der Waals surface area (Å²) in [4.78, 5) is 41.9. The van der Waals surface area contributed by atoms with Crippen LogP contribution in [0, 0.1) is 12.8 Å². The van der Waals surface area contributed by atoms with Crippen LogP contribution in [0.2, 0.25) is 0 Å². The van der Waals surface area contributed by atoms with Gasteiger partial charge in [-0.1, -0.05) is 0 Å². The van der Waals surface area contributed by atoms with E-state index in [1.807, 2.05) is 6.07 Å². The van der Waals surface area contributed by atoms with Gasteiger partial charge in [-0.05, 0) is 44.4 Å². The van der Waals surface area contributed by atoms with Crippen LogP contribution >= 0.6 is 0 Å². The molecule has 2 aliphatic heterocycles. The lowest BCUT2D eigenvalue weighted by Gasteiger charge is -2.41. The monoisotopic (exact) mass is 471 g/mol. The Balaban J connectivity index is 1.29. The Morgan fingerprint density at radius 2 is 1.94 bits per heavy atom. The number of aromatic nitrogens is 3. The number of alkyl halides is 2. The SMILES string of the molecule is CNC(=O)c1cc(Nc2nccc(N3C[C@H]4CC[C@@H](C3)N4C(=O)[C@@H]3CC3(F)CF)n2)cc(C)n1. The van der Waals surface area contributed by atoms with E-state index < -0.39 is 18.3 Å². The Kier molecular flexibility index (Phi) is 5.57. The van der Waals surface area contributed by atoms with Crippen LogP contribution in [-0.4, -0.2) is 76.2 Å². The van der Waals surface area contributed by atoms with E-state index in [4.69, 9.17) is 0 Å². The molecule has 2 saturated heterocycles. The number of hydrogen-bond acceptors (Lipinski definition) is 7. The minimum Gasteiger partial charge on any atom is -0.354 e. The Morgan fingerprint density at radius 3 is 2.59 bits per heavy atom. The molecule has 11 heteroatoms. The maximum absolute atomic E-state index is 14.2. The predicted octanol–water partition coefficient (Wildman–Crippen LogP) is 2.16. The lowest BCUT2D eigenvalue weighted by Crippen LogP contribution is -2.57. The summed E-state index contributed by atoms with van der Waals surface area (Å²) in [6.07, 6.45) is 3.31.